The predicted molar refractivity (Wildman–Crippen MR) is 116 cm³/mol. The minimum atomic E-state index is -0.383. The number of carbonyl (C=O) groups is 1. The molecule has 7 nitrogen and oxygen atoms in total. The van der Waals surface area contributed by atoms with Gasteiger partial charge in [0.25, 0.3) is 0 Å². The monoisotopic (exact) mass is 427 g/mol. The van der Waals surface area contributed by atoms with Crippen LogP contribution in [-0.2, 0) is 9.53 Å². The molecule has 0 bridgehead atoms. The zero-order chi connectivity index (χ0) is 21.6. The topological polar surface area (TPSA) is 70.6 Å². The fraction of sp³-hybridized carbons (Fsp3) is 0.522. The lowest BCUT2D eigenvalue weighted by Gasteiger charge is -2.36. The van der Waals surface area contributed by atoms with Gasteiger partial charge in [0.05, 0.1) is 25.0 Å². The molecular weight excluding hydrogens is 397 g/mol. The number of nitrogens with zero attached hydrogens (tertiary/aromatic N) is 4. The summed E-state index contributed by atoms with van der Waals surface area (Å²) in [5.41, 5.74) is 0.796. The van der Waals surface area contributed by atoms with E-state index in [2.05, 4.69) is 20.2 Å². The van der Waals surface area contributed by atoms with Crippen LogP contribution in [0.15, 0.2) is 36.5 Å². The first-order chi connectivity index (χ1) is 15.1. The number of carbonyl (C=O) groups excluding carboxylic acids is 1. The summed E-state index contributed by atoms with van der Waals surface area (Å²) in [5, 5.41) is 3.09. The number of likely N-dealkylation sites (N-methyl/N-ethyl adjacent to an activating group) is 1. The number of hydrogen-bond donors (Lipinski definition) is 1. The number of amides is 1. The number of halogens is 1. The van der Waals surface area contributed by atoms with Gasteiger partial charge in [0.2, 0.25) is 5.91 Å². The molecule has 2 aromatic rings. The summed E-state index contributed by atoms with van der Waals surface area (Å²) in [5.74, 6) is 0.934. The Morgan fingerprint density at radius 3 is 2.84 bits per heavy atom. The lowest BCUT2D eigenvalue weighted by molar-refractivity contribution is -0.135. The fourth-order valence-electron chi connectivity index (χ4n) is 4.28. The van der Waals surface area contributed by atoms with E-state index >= 15 is 0 Å². The molecule has 1 atom stereocenters. The van der Waals surface area contributed by atoms with E-state index in [0.717, 1.165) is 31.3 Å². The van der Waals surface area contributed by atoms with Gasteiger partial charge >= 0.3 is 0 Å². The van der Waals surface area contributed by atoms with Crippen molar-refractivity contribution in [2.75, 3.05) is 38.6 Å². The van der Waals surface area contributed by atoms with Crippen molar-refractivity contribution < 1.29 is 13.9 Å². The standard InChI is InChI=1S/C23H30FN5O2/c1-28(18-6-3-2-4-7-18)23(30)16-29-12-13-31-20(15-29)19-8-5-9-22(26-19)27-21-11-10-17(24)14-25-21/h5,8-11,14,18,20H,2-4,6-7,12-13,15-16H2,1H3,(H,25,26,27)/t20-/m1/s1. The molecule has 166 valence electrons. The van der Waals surface area contributed by atoms with Gasteiger partial charge in [0.15, 0.2) is 0 Å². The molecule has 0 aromatic carbocycles. The summed E-state index contributed by atoms with van der Waals surface area (Å²) in [4.78, 5) is 25.6. The first-order valence-corrected chi connectivity index (χ1v) is 11.0. The molecular formula is C23H30FN5O2. The van der Waals surface area contributed by atoms with Crippen molar-refractivity contribution in [2.45, 2.75) is 44.2 Å². The third-order valence-electron chi connectivity index (χ3n) is 6.11. The molecule has 2 aliphatic rings. The fourth-order valence-corrected chi connectivity index (χ4v) is 4.28. The second-order valence-electron chi connectivity index (χ2n) is 8.33. The predicted octanol–water partition coefficient (Wildman–Crippen LogP) is 3.52. The van der Waals surface area contributed by atoms with E-state index in [1.807, 2.05) is 30.1 Å². The summed E-state index contributed by atoms with van der Waals surface area (Å²) >= 11 is 0. The Kier molecular flexibility index (Phi) is 7.09. The maximum Gasteiger partial charge on any atom is 0.236 e. The van der Waals surface area contributed by atoms with Crippen molar-refractivity contribution in [3.63, 3.8) is 0 Å². The van der Waals surface area contributed by atoms with Crippen LogP contribution in [0.3, 0.4) is 0 Å². The highest BCUT2D eigenvalue weighted by Crippen LogP contribution is 2.24. The third-order valence-corrected chi connectivity index (χ3v) is 6.11. The van der Waals surface area contributed by atoms with Crippen LogP contribution in [0.1, 0.15) is 43.9 Å². The van der Waals surface area contributed by atoms with Gasteiger partial charge in [-0.3, -0.25) is 9.69 Å². The number of hydrogen-bond acceptors (Lipinski definition) is 6. The zero-order valence-corrected chi connectivity index (χ0v) is 18.0. The summed E-state index contributed by atoms with van der Waals surface area (Å²) in [7, 11) is 1.94. The van der Waals surface area contributed by atoms with Gasteiger partial charge in [0, 0.05) is 26.2 Å². The van der Waals surface area contributed by atoms with Crippen molar-refractivity contribution in [1.82, 2.24) is 19.8 Å². The van der Waals surface area contributed by atoms with Crippen LogP contribution in [0.25, 0.3) is 0 Å². The second-order valence-corrected chi connectivity index (χ2v) is 8.33. The molecule has 0 spiro atoms. The molecule has 1 saturated heterocycles. The van der Waals surface area contributed by atoms with Gasteiger partial charge in [-0.15, -0.1) is 0 Å². The van der Waals surface area contributed by atoms with Crippen LogP contribution >= 0.6 is 0 Å². The van der Waals surface area contributed by atoms with Gasteiger partial charge < -0.3 is 15.0 Å². The SMILES string of the molecule is CN(C(=O)CN1CCO[C@@H](c2cccc(Nc3ccc(F)cn3)n2)C1)C1CCCCC1. The number of anilines is 2. The smallest absolute Gasteiger partial charge is 0.236 e. The summed E-state index contributed by atoms with van der Waals surface area (Å²) in [6.45, 7) is 2.32. The second kappa shape index (κ2) is 10.2. The summed E-state index contributed by atoms with van der Waals surface area (Å²) < 4.78 is 19.0. The first kappa shape index (κ1) is 21.6. The number of pyridine rings is 2. The van der Waals surface area contributed by atoms with Crippen LogP contribution in [0.5, 0.6) is 0 Å². The highest BCUT2D eigenvalue weighted by atomic mass is 19.1. The minimum absolute atomic E-state index is 0.179. The van der Waals surface area contributed by atoms with E-state index < -0.39 is 0 Å². The van der Waals surface area contributed by atoms with Gasteiger partial charge in [-0.1, -0.05) is 25.3 Å². The lowest BCUT2D eigenvalue weighted by atomic mass is 9.94. The van der Waals surface area contributed by atoms with E-state index in [1.165, 1.54) is 25.3 Å². The highest BCUT2D eigenvalue weighted by Gasteiger charge is 2.28. The van der Waals surface area contributed by atoms with Gasteiger partial charge in [-0.2, -0.15) is 0 Å². The molecule has 3 heterocycles. The first-order valence-electron chi connectivity index (χ1n) is 11.0. The normalized spacial score (nSPS) is 20.4. The van der Waals surface area contributed by atoms with Crippen LogP contribution in [-0.4, -0.2) is 65.0 Å². The van der Waals surface area contributed by atoms with Crippen LogP contribution in [0.2, 0.25) is 0 Å². The molecule has 31 heavy (non-hydrogen) atoms. The van der Waals surface area contributed by atoms with Crippen molar-refractivity contribution in [1.29, 1.82) is 0 Å². The molecule has 2 fully saturated rings. The van der Waals surface area contributed by atoms with E-state index in [0.29, 0.717) is 37.4 Å². The van der Waals surface area contributed by atoms with Crippen molar-refractivity contribution in [3.05, 3.63) is 48.0 Å². The summed E-state index contributed by atoms with van der Waals surface area (Å²) in [6, 6.07) is 8.95. The van der Waals surface area contributed by atoms with Crippen molar-refractivity contribution >= 4 is 17.5 Å². The summed E-state index contributed by atoms with van der Waals surface area (Å²) in [6.07, 6.45) is 6.89. The molecule has 1 aliphatic heterocycles. The quantitative estimate of drug-likeness (QED) is 0.761. The maximum absolute atomic E-state index is 13.1. The zero-order valence-electron chi connectivity index (χ0n) is 18.0. The van der Waals surface area contributed by atoms with Gasteiger partial charge in [0.1, 0.15) is 23.6 Å². The number of ether oxygens (including phenoxy) is 1. The Labute approximate surface area is 182 Å². The molecule has 1 amide bonds. The molecule has 8 heteroatoms. The van der Waals surface area contributed by atoms with Crippen LogP contribution in [0, 0.1) is 5.82 Å². The molecule has 1 N–H and O–H groups in total. The third kappa shape index (κ3) is 5.77. The van der Waals surface area contributed by atoms with E-state index in [9.17, 15) is 9.18 Å². The van der Waals surface area contributed by atoms with Crippen LogP contribution in [0.4, 0.5) is 16.0 Å². The largest absolute Gasteiger partial charge is 0.369 e. The molecule has 2 aromatic heterocycles. The average molecular weight is 428 g/mol. The van der Waals surface area contributed by atoms with Crippen LogP contribution < -0.4 is 5.32 Å². The molecule has 4 rings (SSSR count). The average Bonchev–Trinajstić information content (AvgIpc) is 2.81. The maximum atomic E-state index is 13.1. The number of aromatic nitrogens is 2. The molecule has 0 unspecified atom stereocenters. The molecule has 1 aliphatic carbocycles. The Bertz CT molecular complexity index is 873. The van der Waals surface area contributed by atoms with Crippen molar-refractivity contribution in [2.24, 2.45) is 0 Å². The Balaban J connectivity index is 1.35. The highest BCUT2D eigenvalue weighted by molar-refractivity contribution is 5.78. The molecule has 1 saturated carbocycles. The minimum Gasteiger partial charge on any atom is -0.369 e. The van der Waals surface area contributed by atoms with E-state index in [1.54, 1.807) is 6.07 Å². The number of nitrogens with one attached hydrogen (secondary N) is 1. The Morgan fingerprint density at radius 1 is 1.23 bits per heavy atom. The van der Waals surface area contributed by atoms with E-state index in [-0.39, 0.29) is 17.8 Å². The lowest BCUT2D eigenvalue weighted by Crippen LogP contribution is -2.47. The Morgan fingerprint density at radius 2 is 2.06 bits per heavy atom. The van der Waals surface area contributed by atoms with Gasteiger partial charge in [-0.05, 0) is 37.1 Å². The number of rotatable bonds is 6. The number of morpholine rings is 1. The van der Waals surface area contributed by atoms with Gasteiger partial charge in [-0.25, -0.2) is 14.4 Å². The van der Waals surface area contributed by atoms with E-state index in [4.69, 9.17) is 4.74 Å². The van der Waals surface area contributed by atoms with Crippen molar-refractivity contribution in [3.8, 4) is 0 Å². The molecule has 0 radical (unpaired) electrons. The Hall–Kier alpha value is -2.58.